The Morgan fingerprint density at radius 1 is 1.26 bits per heavy atom. The third kappa shape index (κ3) is 2.28. The molecule has 0 saturated carbocycles. The highest BCUT2D eigenvalue weighted by Gasteiger charge is 2.30. The number of benzene rings is 1. The molecule has 2 heteroatoms. The van der Waals surface area contributed by atoms with Gasteiger partial charge in [-0.3, -0.25) is 4.98 Å². The molecule has 1 aliphatic rings. The standard InChI is InChI=1S/C17H19NO/c1-2-12-5-7-14(8-6-12)17(19)15-10-9-13-4-3-11-18-16(13)15/h3-8,11,15,17,19H,2,9-10H2,1H3. The van der Waals surface area contributed by atoms with Crippen molar-refractivity contribution in [2.75, 3.05) is 0 Å². The van der Waals surface area contributed by atoms with Crippen LogP contribution in [0.15, 0.2) is 42.6 Å². The summed E-state index contributed by atoms with van der Waals surface area (Å²) in [5.41, 5.74) is 4.67. The van der Waals surface area contributed by atoms with Crippen LogP contribution in [0.1, 0.15) is 47.8 Å². The van der Waals surface area contributed by atoms with Crippen LogP contribution >= 0.6 is 0 Å². The van der Waals surface area contributed by atoms with E-state index < -0.39 is 6.10 Å². The fourth-order valence-electron chi connectivity index (χ4n) is 2.93. The molecule has 1 aliphatic carbocycles. The Kier molecular flexibility index (Phi) is 3.34. The van der Waals surface area contributed by atoms with E-state index in [2.05, 4.69) is 30.1 Å². The zero-order valence-electron chi connectivity index (χ0n) is 11.2. The number of aromatic nitrogens is 1. The van der Waals surface area contributed by atoms with Gasteiger partial charge in [-0.1, -0.05) is 37.3 Å². The van der Waals surface area contributed by atoms with Gasteiger partial charge in [0.2, 0.25) is 0 Å². The maximum atomic E-state index is 10.6. The fourth-order valence-corrected chi connectivity index (χ4v) is 2.93. The summed E-state index contributed by atoms with van der Waals surface area (Å²) >= 11 is 0. The molecule has 2 unspecified atom stereocenters. The minimum atomic E-state index is -0.443. The Morgan fingerprint density at radius 3 is 2.79 bits per heavy atom. The van der Waals surface area contributed by atoms with Gasteiger partial charge in [-0.15, -0.1) is 0 Å². The summed E-state index contributed by atoms with van der Waals surface area (Å²) in [5.74, 6) is 0.142. The molecule has 1 aromatic heterocycles. The van der Waals surface area contributed by atoms with Crippen molar-refractivity contribution < 1.29 is 5.11 Å². The van der Waals surface area contributed by atoms with Crippen LogP contribution in [0.4, 0.5) is 0 Å². The molecule has 0 fully saturated rings. The first-order valence-electron chi connectivity index (χ1n) is 7.00. The molecule has 19 heavy (non-hydrogen) atoms. The first-order valence-corrected chi connectivity index (χ1v) is 7.00. The van der Waals surface area contributed by atoms with E-state index in [-0.39, 0.29) is 5.92 Å². The molecule has 1 heterocycles. The molecule has 0 aliphatic heterocycles. The molecular formula is C17H19NO. The molecule has 2 aromatic rings. The minimum Gasteiger partial charge on any atom is -0.388 e. The fraction of sp³-hybridized carbons (Fsp3) is 0.353. The molecular weight excluding hydrogens is 234 g/mol. The second-order valence-corrected chi connectivity index (χ2v) is 5.23. The molecule has 2 atom stereocenters. The van der Waals surface area contributed by atoms with Crippen LogP contribution in [-0.2, 0) is 12.8 Å². The lowest BCUT2D eigenvalue weighted by Crippen LogP contribution is -2.09. The van der Waals surface area contributed by atoms with Gasteiger partial charge in [0.05, 0.1) is 6.10 Å². The van der Waals surface area contributed by atoms with Gasteiger partial charge in [-0.05, 0) is 42.0 Å². The van der Waals surface area contributed by atoms with Crippen LogP contribution in [0.5, 0.6) is 0 Å². The molecule has 3 rings (SSSR count). The van der Waals surface area contributed by atoms with Gasteiger partial charge in [-0.25, -0.2) is 0 Å². The van der Waals surface area contributed by atoms with E-state index in [9.17, 15) is 5.11 Å². The van der Waals surface area contributed by atoms with Gasteiger partial charge < -0.3 is 5.11 Å². The molecule has 1 aromatic carbocycles. The smallest absolute Gasteiger partial charge is 0.0873 e. The summed E-state index contributed by atoms with van der Waals surface area (Å²) in [6.07, 6.45) is 4.43. The minimum absolute atomic E-state index is 0.142. The van der Waals surface area contributed by atoms with E-state index in [4.69, 9.17) is 0 Å². The molecule has 0 bridgehead atoms. The van der Waals surface area contributed by atoms with Gasteiger partial charge in [-0.2, -0.15) is 0 Å². The second kappa shape index (κ2) is 5.14. The lowest BCUT2D eigenvalue weighted by Gasteiger charge is -2.19. The highest BCUT2D eigenvalue weighted by molar-refractivity contribution is 5.33. The van der Waals surface area contributed by atoms with Gasteiger partial charge in [0, 0.05) is 17.8 Å². The number of fused-ring (bicyclic) bond motifs is 1. The van der Waals surface area contributed by atoms with Crippen LogP contribution in [0.2, 0.25) is 0 Å². The van der Waals surface area contributed by atoms with Crippen molar-refractivity contribution >= 4 is 0 Å². The Hall–Kier alpha value is -1.67. The summed E-state index contributed by atoms with van der Waals surface area (Å²) in [6.45, 7) is 2.14. The lowest BCUT2D eigenvalue weighted by molar-refractivity contribution is 0.143. The number of hydrogen-bond donors (Lipinski definition) is 1. The van der Waals surface area contributed by atoms with Crippen LogP contribution in [0.25, 0.3) is 0 Å². The third-order valence-electron chi connectivity index (χ3n) is 4.11. The van der Waals surface area contributed by atoms with Crippen molar-refractivity contribution in [3.05, 3.63) is 65.0 Å². The van der Waals surface area contributed by atoms with Crippen molar-refractivity contribution in [1.82, 2.24) is 4.98 Å². The summed E-state index contributed by atoms with van der Waals surface area (Å²) in [4.78, 5) is 4.46. The van der Waals surface area contributed by atoms with Gasteiger partial charge >= 0.3 is 0 Å². The number of rotatable bonds is 3. The molecule has 0 amide bonds. The molecule has 2 nitrogen and oxygen atoms in total. The number of aliphatic hydroxyl groups excluding tert-OH is 1. The Labute approximate surface area is 114 Å². The van der Waals surface area contributed by atoms with E-state index in [1.54, 1.807) is 0 Å². The van der Waals surface area contributed by atoms with Crippen LogP contribution in [0.3, 0.4) is 0 Å². The predicted molar refractivity (Wildman–Crippen MR) is 76.1 cm³/mol. The number of hydrogen-bond acceptors (Lipinski definition) is 2. The summed E-state index contributed by atoms with van der Waals surface area (Å²) < 4.78 is 0. The maximum Gasteiger partial charge on any atom is 0.0873 e. The lowest BCUT2D eigenvalue weighted by atomic mass is 9.93. The zero-order valence-corrected chi connectivity index (χ0v) is 11.2. The number of aliphatic hydroxyl groups is 1. The van der Waals surface area contributed by atoms with E-state index in [0.29, 0.717) is 0 Å². The third-order valence-corrected chi connectivity index (χ3v) is 4.11. The van der Waals surface area contributed by atoms with Crippen molar-refractivity contribution in [3.63, 3.8) is 0 Å². The largest absolute Gasteiger partial charge is 0.388 e. The normalized spacial score (nSPS) is 19.2. The monoisotopic (exact) mass is 253 g/mol. The van der Waals surface area contributed by atoms with Crippen molar-refractivity contribution in [2.24, 2.45) is 0 Å². The SMILES string of the molecule is CCc1ccc(C(O)C2CCc3cccnc32)cc1. The molecule has 0 radical (unpaired) electrons. The average Bonchev–Trinajstić information content (AvgIpc) is 2.90. The highest BCUT2D eigenvalue weighted by Crippen LogP contribution is 2.40. The quantitative estimate of drug-likeness (QED) is 0.909. The molecule has 98 valence electrons. The number of pyridine rings is 1. The van der Waals surface area contributed by atoms with Gasteiger partial charge in [0.1, 0.15) is 0 Å². The summed E-state index contributed by atoms with van der Waals surface area (Å²) in [5, 5.41) is 10.6. The van der Waals surface area contributed by atoms with E-state index in [1.165, 1.54) is 11.1 Å². The zero-order chi connectivity index (χ0) is 13.2. The van der Waals surface area contributed by atoms with Crippen molar-refractivity contribution in [2.45, 2.75) is 38.2 Å². The Bertz CT molecular complexity index is 562. The topological polar surface area (TPSA) is 33.1 Å². The molecule has 0 saturated heterocycles. The average molecular weight is 253 g/mol. The first-order chi connectivity index (χ1) is 9.29. The highest BCUT2D eigenvalue weighted by atomic mass is 16.3. The summed E-state index contributed by atoms with van der Waals surface area (Å²) in [6, 6.07) is 12.4. The van der Waals surface area contributed by atoms with Crippen molar-refractivity contribution in [3.8, 4) is 0 Å². The Balaban J connectivity index is 1.86. The van der Waals surface area contributed by atoms with Crippen LogP contribution in [-0.4, -0.2) is 10.1 Å². The second-order valence-electron chi connectivity index (χ2n) is 5.23. The van der Waals surface area contributed by atoms with Crippen LogP contribution < -0.4 is 0 Å². The number of aryl methyl sites for hydroxylation is 2. The number of nitrogens with zero attached hydrogens (tertiary/aromatic N) is 1. The van der Waals surface area contributed by atoms with E-state index in [0.717, 1.165) is 30.5 Å². The summed E-state index contributed by atoms with van der Waals surface area (Å²) in [7, 11) is 0. The maximum absolute atomic E-state index is 10.6. The Morgan fingerprint density at radius 2 is 2.05 bits per heavy atom. The first kappa shape index (κ1) is 12.4. The van der Waals surface area contributed by atoms with Crippen molar-refractivity contribution in [1.29, 1.82) is 0 Å². The van der Waals surface area contributed by atoms with E-state index >= 15 is 0 Å². The molecule has 1 N–H and O–H groups in total. The van der Waals surface area contributed by atoms with Crippen LogP contribution in [0, 0.1) is 0 Å². The molecule has 0 spiro atoms. The van der Waals surface area contributed by atoms with Gasteiger partial charge in [0.15, 0.2) is 0 Å². The predicted octanol–water partition coefficient (Wildman–Crippen LogP) is 3.41. The van der Waals surface area contributed by atoms with Gasteiger partial charge in [0.25, 0.3) is 0 Å². The van der Waals surface area contributed by atoms with E-state index in [1.807, 2.05) is 24.4 Å².